The van der Waals surface area contributed by atoms with Gasteiger partial charge in [-0.15, -0.1) is 11.3 Å². The number of aromatic amines is 1. The maximum Gasteiger partial charge on any atom is 0.260 e. The van der Waals surface area contributed by atoms with Crippen molar-refractivity contribution in [1.82, 2.24) is 9.97 Å². The highest BCUT2D eigenvalue weighted by Gasteiger charge is 2.26. The first kappa shape index (κ1) is 15.1. The average Bonchev–Trinajstić information content (AvgIpc) is 3.19. The van der Waals surface area contributed by atoms with Crippen LogP contribution in [0.1, 0.15) is 36.6 Å². The molecule has 1 unspecified atom stereocenters. The van der Waals surface area contributed by atoms with Gasteiger partial charge in [0.2, 0.25) is 0 Å². The number of nitrogens with one attached hydrogen (secondary N) is 1. The molecule has 1 aliphatic heterocycles. The first-order valence-corrected chi connectivity index (χ1v) is 8.79. The van der Waals surface area contributed by atoms with E-state index in [0.29, 0.717) is 17.6 Å². The Labute approximate surface area is 143 Å². The van der Waals surface area contributed by atoms with E-state index in [1.54, 1.807) is 11.3 Å². The predicted molar refractivity (Wildman–Crippen MR) is 96.6 cm³/mol. The van der Waals surface area contributed by atoms with E-state index in [1.165, 1.54) is 0 Å². The Bertz CT molecular complexity index is 989. The highest BCUT2D eigenvalue weighted by atomic mass is 32.1. The molecule has 0 aliphatic carbocycles. The summed E-state index contributed by atoms with van der Waals surface area (Å²) in [6.07, 6.45) is 1.24. The van der Waals surface area contributed by atoms with Crippen LogP contribution >= 0.6 is 11.3 Å². The summed E-state index contributed by atoms with van der Waals surface area (Å²) >= 11 is 1.54. The van der Waals surface area contributed by atoms with Crippen molar-refractivity contribution in [2.24, 2.45) is 5.16 Å². The molecule has 3 aromatic rings. The van der Waals surface area contributed by atoms with Crippen LogP contribution < -0.4 is 5.56 Å². The van der Waals surface area contributed by atoms with Crippen LogP contribution in [0.2, 0.25) is 0 Å². The molecular weight excluding hydrogens is 322 g/mol. The Morgan fingerprint density at radius 2 is 2.12 bits per heavy atom. The Morgan fingerprint density at radius 3 is 2.83 bits per heavy atom. The number of aryl methyl sites for hydroxylation is 1. The molecule has 1 atom stereocenters. The zero-order valence-corrected chi connectivity index (χ0v) is 14.3. The quantitative estimate of drug-likeness (QED) is 0.778. The second kappa shape index (κ2) is 5.87. The van der Waals surface area contributed by atoms with Crippen molar-refractivity contribution in [2.45, 2.75) is 32.8 Å². The van der Waals surface area contributed by atoms with Crippen molar-refractivity contribution < 1.29 is 4.84 Å². The van der Waals surface area contributed by atoms with Crippen molar-refractivity contribution in [3.05, 3.63) is 51.4 Å². The fraction of sp³-hybridized carbons (Fsp3) is 0.278. The van der Waals surface area contributed by atoms with E-state index in [9.17, 15) is 4.79 Å². The van der Waals surface area contributed by atoms with E-state index in [0.717, 1.165) is 33.0 Å². The van der Waals surface area contributed by atoms with E-state index < -0.39 is 0 Å². The van der Waals surface area contributed by atoms with Crippen LogP contribution in [0.15, 0.2) is 40.3 Å². The largest absolute Gasteiger partial charge is 0.384 e. The standard InChI is InChI=1S/C18H17N3O2S/c1-3-12-9-13(23-21-12)16-19-17(22)15-14(10(2)24-18(15)20-16)11-7-5-4-6-8-11/h4-8,13H,3,9H2,1-2H3,(H,19,20,22). The van der Waals surface area contributed by atoms with Gasteiger partial charge in [0, 0.05) is 16.9 Å². The molecule has 0 spiro atoms. The van der Waals surface area contributed by atoms with Crippen molar-refractivity contribution in [3.63, 3.8) is 0 Å². The number of hydrogen-bond acceptors (Lipinski definition) is 5. The van der Waals surface area contributed by atoms with Crippen LogP contribution in [-0.2, 0) is 4.84 Å². The third-order valence-corrected chi connectivity index (χ3v) is 5.26. The lowest BCUT2D eigenvalue weighted by atomic mass is 10.0. The van der Waals surface area contributed by atoms with E-state index in [-0.39, 0.29) is 11.7 Å². The molecule has 2 aromatic heterocycles. The second-order valence-electron chi connectivity index (χ2n) is 5.84. The third kappa shape index (κ3) is 2.43. The molecule has 0 fully saturated rings. The number of hydrogen-bond donors (Lipinski definition) is 1. The molecule has 1 aromatic carbocycles. The van der Waals surface area contributed by atoms with Crippen molar-refractivity contribution in [2.75, 3.05) is 0 Å². The van der Waals surface area contributed by atoms with Crippen molar-refractivity contribution in [1.29, 1.82) is 0 Å². The molecule has 122 valence electrons. The fourth-order valence-electron chi connectivity index (χ4n) is 3.02. The number of aromatic nitrogens is 2. The Balaban J connectivity index is 1.83. The molecular formula is C18H17N3O2S. The Morgan fingerprint density at radius 1 is 1.33 bits per heavy atom. The molecule has 1 N–H and O–H groups in total. The minimum absolute atomic E-state index is 0.119. The summed E-state index contributed by atoms with van der Waals surface area (Å²) in [5, 5.41) is 4.70. The van der Waals surface area contributed by atoms with Gasteiger partial charge in [-0.2, -0.15) is 0 Å². The van der Waals surface area contributed by atoms with E-state index in [1.807, 2.05) is 44.2 Å². The second-order valence-corrected chi connectivity index (χ2v) is 7.04. The van der Waals surface area contributed by atoms with Gasteiger partial charge in [-0.25, -0.2) is 4.98 Å². The van der Waals surface area contributed by atoms with Gasteiger partial charge in [-0.05, 0) is 18.9 Å². The number of thiophene rings is 1. The molecule has 0 saturated carbocycles. The zero-order valence-electron chi connectivity index (χ0n) is 13.5. The highest BCUT2D eigenvalue weighted by Crippen LogP contribution is 2.36. The van der Waals surface area contributed by atoms with Gasteiger partial charge in [0.25, 0.3) is 5.56 Å². The maximum absolute atomic E-state index is 12.7. The summed E-state index contributed by atoms with van der Waals surface area (Å²) in [5.74, 6) is 0.556. The maximum atomic E-state index is 12.7. The van der Waals surface area contributed by atoms with E-state index >= 15 is 0 Å². The Hall–Kier alpha value is -2.47. The van der Waals surface area contributed by atoms with Crippen molar-refractivity contribution in [3.8, 4) is 11.1 Å². The topological polar surface area (TPSA) is 67.3 Å². The van der Waals surface area contributed by atoms with Gasteiger partial charge in [-0.1, -0.05) is 42.4 Å². The number of fused-ring (bicyclic) bond motifs is 1. The number of rotatable bonds is 3. The summed E-state index contributed by atoms with van der Waals surface area (Å²) in [6.45, 7) is 4.07. The monoisotopic (exact) mass is 339 g/mol. The van der Waals surface area contributed by atoms with Crippen LogP contribution in [0.3, 0.4) is 0 Å². The summed E-state index contributed by atoms with van der Waals surface area (Å²) in [6, 6.07) is 9.96. The smallest absolute Gasteiger partial charge is 0.260 e. The average molecular weight is 339 g/mol. The fourth-order valence-corrected chi connectivity index (χ4v) is 4.08. The van der Waals surface area contributed by atoms with Crippen LogP contribution in [0.4, 0.5) is 0 Å². The zero-order chi connectivity index (χ0) is 16.7. The van der Waals surface area contributed by atoms with Gasteiger partial charge >= 0.3 is 0 Å². The molecule has 24 heavy (non-hydrogen) atoms. The van der Waals surface area contributed by atoms with E-state index in [2.05, 4.69) is 15.1 Å². The number of benzene rings is 1. The lowest BCUT2D eigenvalue weighted by Crippen LogP contribution is -2.14. The van der Waals surface area contributed by atoms with E-state index in [4.69, 9.17) is 4.84 Å². The summed E-state index contributed by atoms with van der Waals surface area (Å²) in [5.41, 5.74) is 2.88. The first-order valence-electron chi connectivity index (χ1n) is 7.97. The lowest BCUT2D eigenvalue weighted by molar-refractivity contribution is 0.0792. The highest BCUT2D eigenvalue weighted by molar-refractivity contribution is 7.19. The number of oxime groups is 1. The molecule has 0 radical (unpaired) electrons. The van der Waals surface area contributed by atoms with Crippen LogP contribution in [0.25, 0.3) is 21.3 Å². The third-order valence-electron chi connectivity index (χ3n) is 4.26. The molecule has 6 heteroatoms. The molecule has 0 bridgehead atoms. The van der Waals surface area contributed by atoms with Crippen LogP contribution in [-0.4, -0.2) is 15.7 Å². The summed E-state index contributed by atoms with van der Waals surface area (Å²) in [7, 11) is 0. The Kier molecular flexibility index (Phi) is 3.69. The van der Waals surface area contributed by atoms with Gasteiger partial charge in [-0.3, -0.25) is 4.79 Å². The molecule has 5 nitrogen and oxygen atoms in total. The number of nitrogens with zero attached hydrogens (tertiary/aromatic N) is 2. The minimum atomic E-state index is -0.292. The van der Waals surface area contributed by atoms with Crippen LogP contribution in [0, 0.1) is 6.92 Å². The van der Waals surface area contributed by atoms with Gasteiger partial charge in [0.05, 0.1) is 11.1 Å². The molecule has 1 aliphatic rings. The molecule has 0 saturated heterocycles. The SMILES string of the molecule is CCC1=NOC(c2nc3sc(C)c(-c4ccccc4)c3c(=O)[nH]2)C1. The van der Waals surface area contributed by atoms with Gasteiger partial charge in [0.1, 0.15) is 4.83 Å². The van der Waals surface area contributed by atoms with Crippen molar-refractivity contribution >= 4 is 27.3 Å². The normalized spacial score (nSPS) is 17.1. The summed E-state index contributed by atoms with van der Waals surface area (Å²) in [4.78, 5) is 27.6. The first-order chi connectivity index (χ1) is 11.7. The minimum Gasteiger partial charge on any atom is -0.384 e. The predicted octanol–water partition coefficient (Wildman–Crippen LogP) is 4.19. The lowest BCUT2D eigenvalue weighted by Gasteiger charge is -2.07. The van der Waals surface area contributed by atoms with Crippen LogP contribution in [0.5, 0.6) is 0 Å². The summed E-state index contributed by atoms with van der Waals surface area (Å²) < 4.78 is 0. The van der Waals surface area contributed by atoms with Gasteiger partial charge < -0.3 is 9.82 Å². The number of H-pyrrole nitrogens is 1. The molecule has 3 heterocycles. The van der Waals surface area contributed by atoms with Gasteiger partial charge in [0.15, 0.2) is 11.9 Å². The molecule has 4 rings (SSSR count). The molecule has 0 amide bonds.